The molecule has 1 N–H and O–H groups in total. The summed E-state index contributed by atoms with van der Waals surface area (Å²) in [6.45, 7) is 11.9. The van der Waals surface area contributed by atoms with Gasteiger partial charge in [-0.15, -0.1) is 0 Å². The zero-order chi connectivity index (χ0) is 14.0. The molecule has 0 aliphatic rings. The van der Waals surface area contributed by atoms with E-state index in [1.54, 1.807) is 0 Å². The van der Waals surface area contributed by atoms with Gasteiger partial charge in [0.25, 0.3) is 0 Å². The highest BCUT2D eigenvalue weighted by atomic mass is 35.5. The number of hydrogen-bond acceptors (Lipinski definition) is 1. The number of hydrogen-bond donors (Lipinski definition) is 1. The van der Waals surface area contributed by atoms with Crippen LogP contribution in [-0.2, 0) is 6.54 Å². The van der Waals surface area contributed by atoms with Crippen molar-refractivity contribution >= 4 is 23.2 Å². The molecular formula is C15H23Cl2N. The molecule has 0 bridgehead atoms. The number of halogens is 2. The Morgan fingerprint density at radius 2 is 1.67 bits per heavy atom. The van der Waals surface area contributed by atoms with Crippen LogP contribution in [0.2, 0.25) is 10.0 Å². The summed E-state index contributed by atoms with van der Waals surface area (Å²) in [4.78, 5) is 0. The van der Waals surface area contributed by atoms with Crippen LogP contribution in [0.3, 0.4) is 0 Å². The summed E-state index contributed by atoms with van der Waals surface area (Å²) in [7, 11) is 0. The fraction of sp³-hybridized carbons (Fsp3) is 0.600. The largest absolute Gasteiger partial charge is 0.308 e. The topological polar surface area (TPSA) is 12.0 Å². The Morgan fingerprint density at radius 3 is 2.22 bits per heavy atom. The van der Waals surface area contributed by atoms with Gasteiger partial charge >= 0.3 is 0 Å². The summed E-state index contributed by atoms with van der Waals surface area (Å²) in [5.41, 5.74) is 1.42. The first-order valence-corrected chi connectivity index (χ1v) is 7.04. The minimum absolute atomic E-state index is 0.0733. The van der Waals surface area contributed by atoms with Crippen LogP contribution in [0.5, 0.6) is 0 Å². The third-order valence-electron chi connectivity index (χ3n) is 2.74. The predicted octanol–water partition coefficient (Wildman–Crippen LogP) is 5.30. The highest BCUT2D eigenvalue weighted by Gasteiger charge is 2.24. The van der Waals surface area contributed by atoms with Crippen molar-refractivity contribution in [3.8, 4) is 0 Å². The lowest BCUT2D eigenvalue weighted by atomic mass is 9.82. The van der Waals surface area contributed by atoms with Crippen molar-refractivity contribution in [3.05, 3.63) is 33.8 Å². The quantitative estimate of drug-likeness (QED) is 0.793. The van der Waals surface area contributed by atoms with Gasteiger partial charge in [0.15, 0.2) is 0 Å². The second-order valence-electron chi connectivity index (χ2n) is 6.71. The van der Waals surface area contributed by atoms with Crippen LogP contribution in [0.4, 0.5) is 0 Å². The third-order valence-corrected chi connectivity index (χ3v) is 3.34. The van der Waals surface area contributed by atoms with Crippen LogP contribution in [0.25, 0.3) is 0 Å². The van der Waals surface area contributed by atoms with Gasteiger partial charge in [0, 0.05) is 22.1 Å². The highest BCUT2D eigenvalue weighted by Crippen LogP contribution is 2.28. The van der Waals surface area contributed by atoms with Gasteiger partial charge in [-0.1, -0.05) is 44.0 Å². The van der Waals surface area contributed by atoms with Gasteiger partial charge in [0.1, 0.15) is 0 Å². The van der Waals surface area contributed by atoms with E-state index in [9.17, 15) is 0 Å². The predicted molar refractivity (Wildman–Crippen MR) is 81.5 cm³/mol. The van der Waals surface area contributed by atoms with Gasteiger partial charge in [0.2, 0.25) is 0 Å². The summed E-state index contributed by atoms with van der Waals surface area (Å²) in [5, 5.41) is 5.05. The van der Waals surface area contributed by atoms with E-state index in [1.807, 2.05) is 18.2 Å². The highest BCUT2D eigenvalue weighted by molar-refractivity contribution is 6.33. The Balaban J connectivity index is 2.67. The van der Waals surface area contributed by atoms with Crippen molar-refractivity contribution in [2.24, 2.45) is 5.41 Å². The van der Waals surface area contributed by atoms with E-state index in [0.717, 1.165) is 28.6 Å². The van der Waals surface area contributed by atoms with Crippen molar-refractivity contribution in [2.75, 3.05) is 0 Å². The second-order valence-corrected chi connectivity index (χ2v) is 7.55. The lowest BCUT2D eigenvalue weighted by molar-refractivity contribution is 0.241. The van der Waals surface area contributed by atoms with Gasteiger partial charge in [-0.3, -0.25) is 0 Å². The molecule has 0 aliphatic carbocycles. The van der Waals surface area contributed by atoms with E-state index in [0.29, 0.717) is 5.41 Å². The van der Waals surface area contributed by atoms with Crippen LogP contribution >= 0.6 is 23.2 Å². The summed E-state index contributed by atoms with van der Waals surface area (Å²) >= 11 is 12.1. The van der Waals surface area contributed by atoms with E-state index in [-0.39, 0.29) is 5.54 Å². The van der Waals surface area contributed by atoms with E-state index in [1.165, 1.54) is 0 Å². The number of nitrogens with one attached hydrogen (secondary N) is 1. The van der Waals surface area contributed by atoms with E-state index in [2.05, 4.69) is 39.9 Å². The Bertz CT molecular complexity index is 405. The average molecular weight is 288 g/mol. The molecule has 0 radical (unpaired) electrons. The van der Waals surface area contributed by atoms with E-state index < -0.39 is 0 Å². The molecule has 0 saturated heterocycles. The number of rotatable bonds is 4. The van der Waals surface area contributed by atoms with Crippen molar-refractivity contribution in [2.45, 2.75) is 53.1 Å². The van der Waals surface area contributed by atoms with Crippen LogP contribution < -0.4 is 5.32 Å². The summed E-state index contributed by atoms with van der Waals surface area (Å²) in [6.07, 6.45) is 1.10. The molecule has 18 heavy (non-hydrogen) atoms. The molecule has 0 aromatic heterocycles. The first-order valence-electron chi connectivity index (χ1n) is 6.28. The summed E-state index contributed by atoms with van der Waals surface area (Å²) in [5.74, 6) is 0. The molecule has 0 heterocycles. The molecule has 1 aromatic rings. The normalized spacial score (nSPS) is 12.8. The molecule has 0 amide bonds. The van der Waals surface area contributed by atoms with Crippen molar-refractivity contribution in [1.82, 2.24) is 5.32 Å². The fourth-order valence-electron chi connectivity index (χ4n) is 2.40. The van der Waals surface area contributed by atoms with Crippen LogP contribution in [0, 0.1) is 5.41 Å². The second kappa shape index (κ2) is 5.81. The monoisotopic (exact) mass is 287 g/mol. The number of benzene rings is 1. The van der Waals surface area contributed by atoms with Crippen molar-refractivity contribution in [3.63, 3.8) is 0 Å². The van der Waals surface area contributed by atoms with Gasteiger partial charge in [-0.25, -0.2) is 0 Å². The van der Waals surface area contributed by atoms with Gasteiger partial charge < -0.3 is 5.32 Å². The molecule has 0 unspecified atom stereocenters. The summed E-state index contributed by atoms with van der Waals surface area (Å²) in [6, 6.07) is 5.58. The maximum Gasteiger partial charge on any atom is 0.0451 e. The van der Waals surface area contributed by atoms with E-state index >= 15 is 0 Å². The molecule has 102 valence electrons. The Morgan fingerprint density at radius 1 is 1.06 bits per heavy atom. The van der Waals surface area contributed by atoms with Crippen molar-refractivity contribution < 1.29 is 0 Å². The minimum atomic E-state index is 0.0733. The third kappa shape index (κ3) is 5.60. The fourth-order valence-corrected chi connectivity index (χ4v) is 2.78. The van der Waals surface area contributed by atoms with Crippen LogP contribution in [0.15, 0.2) is 18.2 Å². The summed E-state index contributed by atoms with van der Waals surface area (Å²) < 4.78 is 0. The van der Waals surface area contributed by atoms with Crippen LogP contribution in [0.1, 0.15) is 46.6 Å². The lowest BCUT2D eigenvalue weighted by Crippen LogP contribution is -2.41. The Hall–Kier alpha value is -0.240. The molecule has 1 rings (SSSR count). The molecule has 0 atom stereocenters. The first-order chi connectivity index (χ1) is 8.09. The maximum absolute atomic E-state index is 6.16. The Labute approximate surface area is 121 Å². The molecule has 0 spiro atoms. The first kappa shape index (κ1) is 15.8. The maximum atomic E-state index is 6.16. The van der Waals surface area contributed by atoms with Gasteiger partial charge in [-0.05, 0) is 49.4 Å². The minimum Gasteiger partial charge on any atom is -0.308 e. The molecule has 3 heteroatoms. The molecule has 0 saturated carbocycles. The standard InChI is InChI=1S/C15H23Cl2N/c1-14(2,3)10-15(4,5)18-9-11-8-12(16)6-7-13(11)17/h6-8,18H,9-10H2,1-5H3. The van der Waals surface area contributed by atoms with Crippen LogP contribution in [-0.4, -0.2) is 5.54 Å². The molecule has 1 nitrogen and oxygen atoms in total. The lowest BCUT2D eigenvalue weighted by Gasteiger charge is -2.33. The SMILES string of the molecule is CC(C)(C)CC(C)(C)NCc1cc(Cl)ccc1Cl. The molecule has 0 fully saturated rings. The average Bonchev–Trinajstić information content (AvgIpc) is 2.16. The zero-order valence-corrected chi connectivity index (χ0v) is 13.4. The smallest absolute Gasteiger partial charge is 0.0451 e. The van der Waals surface area contributed by atoms with Gasteiger partial charge in [-0.2, -0.15) is 0 Å². The Kier molecular flexibility index (Phi) is 5.11. The zero-order valence-electron chi connectivity index (χ0n) is 11.9. The molecular weight excluding hydrogens is 265 g/mol. The molecule has 1 aromatic carbocycles. The van der Waals surface area contributed by atoms with E-state index in [4.69, 9.17) is 23.2 Å². The molecule has 0 aliphatic heterocycles. The van der Waals surface area contributed by atoms with Crippen molar-refractivity contribution in [1.29, 1.82) is 0 Å². The van der Waals surface area contributed by atoms with Gasteiger partial charge in [0.05, 0.1) is 0 Å².